The summed E-state index contributed by atoms with van der Waals surface area (Å²) in [7, 11) is 1.89. The van der Waals surface area contributed by atoms with Crippen LogP contribution in [0.25, 0.3) is 0 Å². The Labute approximate surface area is 198 Å². The molecular weight excluding hydrogens is 402 g/mol. The van der Waals surface area contributed by atoms with Crippen LogP contribution in [0.4, 0.5) is 0 Å². The van der Waals surface area contributed by atoms with Crippen LogP contribution in [0.15, 0.2) is 0 Å². The largest absolute Gasteiger partial charge is 0.464 e. The Bertz CT molecular complexity index is 534. The molecule has 0 radical (unpaired) electrons. The maximum absolute atomic E-state index is 12.1. The molecule has 0 aromatic carbocycles. The molecule has 0 spiro atoms. The number of hydrogen-bond donors (Lipinski definition) is 0. The second-order valence-electron chi connectivity index (χ2n) is 10.6. The number of carbonyl (C=O) groups excluding carboxylic acids is 2. The summed E-state index contributed by atoms with van der Waals surface area (Å²) in [5.41, 5.74) is -1.20. The summed E-state index contributed by atoms with van der Waals surface area (Å²) >= 11 is 0. The van der Waals surface area contributed by atoms with Crippen LogP contribution in [0.5, 0.6) is 0 Å². The van der Waals surface area contributed by atoms with E-state index in [1.54, 1.807) is 0 Å². The molecule has 5 heteroatoms. The minimum atomic E-state index is -0.715. The van der Waals surface area contributed by atoms with E-state index < -0.39 is 11.1 Å². The minimum absolute atomic E-state index is 0.149. The first kappa shape index (κ1) is 28.9. The van der Waals surface area contributed by atoms with E-state index in [0.29, 0.717) is 6.42 Å². The Balaban J connectivity index is 1.96. The number of nitrogens with zero attached hydrogens (tertiary/aromatic N) is 1. The van der Waals surface area contributed by atoms with Crippen LogP contribution >= 0.6 is 0 Å². The fourth-order valence-electron chi connectivity index (χ4n) is 4.39. The summed E-state index contributed by atoms with van der Waals surface area (Å²) in [4.78, 5) is 26.1. The van der Waals surface area contributed by atoms with E-state index in [0.717, 1.165) is 12.8 Å². The Morgan fingerprint density at radius 2 is 1.28 bits per heavy atom. The molecule has 0 aromatic heterocycles. The van der Waals surface area contributed by atoms with Gasteiger partial charge < -0.3 is 9.47 Å². The summed E-state index contributed by atoms with van der Waals surface area (Å²) in [5, 5.41) is 0. The first-order chi connectivity index (χ1) is 15.2. The lowest BCUT2D eigenvalue weighted by Gasteiger charge is -2.49. The van der Waals surface area contributed by atoms with Gasteiger partial charge in [0.1, 0.15) is 18.8 Å². The van der Waals surface area contributed by atoms with Gasteiger partial charge in [0.25, 0.3) is 0 Å². The van der Waals surface area contributed by atoms with Crippen LogP contribution in [-0.4, -0.2) is 48.2 Å². The predicted octanol–water partition coefficient (Wildman–Crippen LogP) is 6.82. The molecular formula is C27H51NO4. The molecule has 188 valence electrons. The van der Waals surface area contributed by atoms with Crippen molar-refractivity contribution in [3.8, 4) is 0 Å². The van der Waals surface area contributed by atoms with Crippen molar-refractivity contribution in [1.29, 1.82) is 0 Å². The molecule has 1 fully saturated rings. The number of likely N-dealkylation sites (N-methyl/N-ethyl adjacent to an activating group) is 1. The Hall–Kier alpha value is -1.10. The molecule has 0 aliphatic carbocycles. The molecule has 5 nitrogen and oxygen atoms in total. The Morgan fingerprint density at radius 1 is 0.844 bits per heavy atom. The van der Waals surface area contributed by atoms with E-state index in [1.165, 1.54) is 83.5 Å². The molecule has 1 aliphatic rings. The lowest BCUT2D eigenvalue weighted by Crippen LogP contribution is -2.67. The third-order valence-corrected chi connectivity index (χ3v) is 7.19. The van der Waals surface area contributed by atoms with Gasteiger partial charge in [0, 0.05) is 6.42 Å². The standard InChI is InChI=1S/C27H51NO4/c1-6-7-8-9-10-11-12-13-14-15-16-17-18-19-20-21-24(29)31-22-27(4)23-32-25(30)26(2,3)28(27)5/h6-23H2,1-5H3. The SMILES string of the molecule is CCCCCCCCCCCCCCCCCC(=O)OCC1(C)COC(=O)C(C)(C)N1C. The molecule has 0 N–H and O–H groups in total. The van der Waals surface area contributed by atoms with Crippen LogP contribution in [0, 0.1) is 0 Å². The van der Waals surface area contributed by atoms with E-state index in [-0.39, 0.29) is 25.2 Å². The van der Waals surface area contributed by atoms with Gasteiger partial charge in [-0.25, -0.2) is 0 Å². The normalized spacial score (nSPS) is 20.8. The number of hydrogen-bond acceptors (Lipinski definition) is 5. The molecule has 1 unspecified atom stereocenters. The maximum atomic E-state index is 12.1. The van der Waals surface area contributed by atoms with Crippen molar-refractivity contribution in [2.24, 2.45) is 0 Å². The maximum Gasteiger partial charge on any atom is 0.326 e. The van der Waals surface area contributed by atoms with Gasteiger partial charge in [-0.2, -0.15) is 0 Å². The highest BCUT2D eigenvalue weighted by molar-refractivity contribution is 5.80. The van der Waals surface area contributed by atoms with Crippen molar-refractivity contribution in [1.82, 2.24) is 4.90 Å². The molecule has 0 amide bonds. The molecule has 0 aromatic rings. The second kappa shape index (κ2) is 15.7. The van der Waals surface area contributed by atoms with E-state index in [4.69, 9.17) is 9.47 Å². The number of unbranched alkanes of at least 4 members (excludes halogenated alkanes) is 14. The second-order valence-corrected chi connectivity index (χ2v) is 10.6. The van der Waals surface area contributed by atoms with Crippen LogP contribution in [0.3, 0.4) is 0 Å². The number of rotatable bonds is 18. The molecule has 32 heavy (non-hydrogen) atoms. The Kier molecular flexibility index (Phi) is 14.2. The molecule has 1 atom stereocenters. The fourth-order valence-corrected chi connectivity index (χ4v) is 4.39. The van der Waals surface area contributed by atoms with E-state index in [2.05, 4.69) is 6.92 Å². The van der Waals surface area contributed by atoms with Crippen LogP contribution in [-0.2, 0) is 19.1 Å². The van der Waals surface area contributed by atoms with Crippen LogP contribution < -0.4 is 0 Å². The molecule has 1 saturated heterocycles. The van der Waals surface area contributed by atoms with Crippen molar-refractivity contribution < 1.29 is 19.1 Å². The van der Waals surface area contributed by atoms with Crippen molar-refractivity contribution in [2.75, 3.05) is 20.3 Å². The third-order valence-electron chi connectivity index (χ3n) is 7.19. The highest BCUT2D eigenvalue weighted by Gasteiger charge is 2.49. The van der Waals surface area contributed by atoms with E-state index >= 15 is 0 Å². The lowest BCUT2D eigenvalue weighted by molar-refractivity contribution is -0.186. The van der Waals surface area contributed by atoms with E-state index in [9.17, 15) is 9.59 Å². The zero-order valence-corrected chi connectivity index (χ0v) is 21.8. The van der Waals surface area contributed by atoms with Crippen molar-refractivity contribution in [3.05, 3.63) is 0 Å². The quantitative estimate of drug-likeness (QED) is 0.168. The zero-order chi connectivity index (χ0) is 23.9. The fraction of sp³-hybridized carbons (Fsp3) is 0.926. The summed E-state index contributed by atoms with van der Waals surface area (Å²) < 4.78 is 10.9. The van der Waals surface area contributed by atoms with Crippen LogP contribution in [0.1, 0.15) is 130 Å². The van der Waals surface area contributed by atoms with Crippen molar-refractivity contribution >= 4 is 11.9 Å². The molecule has 1 heterocycles. The molecule has 1 aliphatic heterocycles. The smallest absolute Gasteiger partial charge is 0.326 e. The summed E-state index contributed by atoms with van der Waals surface area (Å²) in [5.74, 6) is -0.384. The number of carbonyl (C=O) groups is 2. The Morgan fingerprint density at radius 3 is 1.75 bits per heavy atom. The summed E-state index contributed by atoms with van der Waals surface area (Å²) in [6, 6.07) is 0. The minimum Gasteiger partial charge on any atom is -0.464 e. The number of ether oxygens (including phenoxy) is 2. The zero-order valence-electron chi connectivity index (χ0n) is 21.8. The van der Waals surface area contributed by atoms with Gasteiger partial charge in [-0.3, -0.25) is 14.5 Å². The van der Waals surface area contributed by atoms with Crippen molar-refractivity contribution in [2.45, 2.75) is 142 Å². The van der Waals surface area contributed by atoms with Gasteiger partial charge in [-0.15, -0.1) is 0 Å². The summed E-state index contributed by atoms with van der Waals surface area (Å²) in [6.07, 6.45) is 20.2. The van der Waals surface area contributed by atoms with Gasteiger partial charge >= 0.3 is 11.9 Å². The molecule has 0 saturated carbocycles. The van der Waals surface area contributed by atoms with Gasteiger partial charge in [0.05, 0.1) is 5.54 Å². The average Bonchev–Trinajstić information content (AvgIpc) is 2.77. The van der Waals surface area contributed by atoms with Gasteiger partial charge in [0.15, 0.2) is 0 Å². The molecule has 0 bridgehead atoms. The molecule has 1 rings (SSSR count). The van der Waals surface area contributed by atoms with Crippen molar-refractivity contribution in [3.63, 3.8) is 0 Å². The van der Waals surface area contributed by atoms with Gasteiger partial charge in [-0.05, 0) is 34.2 Å². The monoisotopic (exact) mass is 453 g/mol. The first-order valence-electron chi connectivity index (χ1n) is 13.3. The third kappa shape index (κ3) is 10.7. The lowest BCUT2D eigenvalue weighted by atomic mass is 9.91. The summed E-state index contributed by atoms with van der Waals surface area (Å²) in [6.45, 7) is 8.42. The van der Waals surface area contributed by atoms with Gasteiger partial charge in [0.2, 0.25) is 0 Å². The number of morpholine rings is 1. The number of esters is 2. The predicted molar refractivity (Wildman–Crippen MR) is 132 cm³/mol. The highest BCUT2D eigenvalue weighted by atomic mass is 16.6. The average molecular weight is 454 g/mol. The van der Waals surface area contributed by atoms with Crippen LogP contribution in [0.2, 0.25) is 0 Å². The topological polar surface area (TPSA) is 55.8 Å². The highest BCUT2D eigenvalue weighted by Crippen LogP contribution is 2.30. The van der Waals surface area contributed by atoms with Gasteiger partial charge in [-0.1, -0.05) is 96.8 Å². The van der Waals surface area contributed by atoms with E-state index in [1.807, 2.05) is 32.7 Å². The first-order valence-corrected chi connectivity index (χ1v) is 13.3. The number of cyclic esters (lactones) is 1.